The van der Waals surface area contributed by atoms with Crippen LogP contribution in [0.5, 0.6) is 0 Å². The van der Waals surface area contributed by atoms with Crippen LogP contribution in [-0.2, 0) is 13.0 Å². The van der Waals surface area contributed by atoms with E-state index in [0.29, 0.717) is 0 Å². The normalized spacial score (nSPS) is 17.6. The Hall–Kier alpha value is -0.930. The molecule has 0 spiro atoms. The molecule has 1 N–H and O–H groups in total. The van der Waals surface area contributed by atoms with Gasteiger partial charge in [-0.3, -0.25) is 4.90 Å². The standard InChI is InChI=1S/C13H19FN2/c1-2-11-3-4-13(14)9-12(11)10-16-7-5-15-6-8-16/h3-4,9,15H,2,5-8,10H2,1H3. The van der Waals surface area contributed by atoms with Crippen molar-refractivity contribution in [1.82, 2.24) is 10.2 Å². The molecule has 3 heteroatoms. The summed E-state index contributed by atoms with van der Waals surface area (Å²) in [6, 6.07) is 5.15. The number of nitrogens with one attached hydrogen (secondary N) is 1. The molecule has 0 radical (unpaired) electrons. The Bertz CT molecular complexity index is 346. The molecule has 0 aromatic heterocycles. The zero-order valence-electron chi connectivity index (χ0n) is 9.80. The highest BCUT2D eigenvalue weighted by Gasteiger charge is 2.12. The Morgan fingerprint density at radius 2 is 2.00 bits per heavy atom. The van der Waals surface area contributed by atoms with Crippen molar-refractivity contribution in [2.45, 2.75) is 19.9 Å². The molecule has 0 aliphatic carbocycles. The predicted octanol–water partition coefficient (Wildman–Crippen LogP) is 1.79. The lowest BCUT2D eigenvalue weighted by Crippen LogP contribution is -2.43. The smallest absolute Gasteiger partial charge is 0.123 e. The number of hydrogen-bond acceptors (Lipinski definition) is 2. The van der Waals surface area contributed by atoms with Crippen molar-refractivity contribution in [3.63, 3.8) is 0 Å². The van der Waals surface area contributed by atoms with Gasteiger partial charge in [-0.1, -0.05) is 13.0 Å². The fraction of sp³-hybridized carbons (Fsp3) is 0.538. The molecule has 1 heterocycles. The molecule has 16 heavy (non-hydrogen) atoms. The number of hydrogen-bond donors (Lipinski definition) is 1. The van der Waals surface area contributed by atoms with E-state index in [2.05, 4.69) is 17.1 Å². The summed E-state index contributed by atoms with van der Waals surface area (Å²) >= 11 is 0. The topological polar surface area (TPSA) is 15.3 Å². The molecule has 1 fully saturated rings. The Kier molecular flexibility index (Phi) is 3.91. The fourth-order valence-electron chi connectivity index (χ4n) is 2.20. The third-order valence-corrected chi connectivity index (χ3v) is 3.15. The number of piperazine rings is 1. The average Bonchev–Trinajstić information content (AvgIpc) is 2.31. The minimum absolute atomic E-state index is 0.123. The molecule has 0 unspecified atom stereocenters. The van der Waals surface area contributed by atoms with Crippen molar-refractivity contribution < 1.29 is 4.39 Å². The monoisotopic (exact) mass is 222 g/mol. The molecule has 0 saturated carbocycles. The fourth-order valence-corrected chi connectivity index (χ4v) is 2.20. The van der Waals surface area contributed by atoms with Gasteiger partial charge in [0.05, 0.1) is 0 Å². The molecule has 1 aromatic rings. The highest BCUT2D eigenvalue weighted by atomic mass is 19.1. The number of nitrogens with zero attached hydrogens (tertiary/aromatic N) is 1. The zero-order chi connectivity index (χ0) is 11.4. The van der Waals surface area contributed by atoms with E-state index in [0.717, 1.165) is 44.7 Å². The summed E-state index contributed by atoms with van der Waals surface area (Å²) in [4.78, 5) is 2.38. The second-order valence-corrected chi connectivity index (χ2v) is 4.29. The maximum Gasteiger partial charge on any atom is 0.123 e. The van der Waals surface area contributed by atoms with Gasteiger partial charge in [0.2, 0.25) is 0 Å². The number of aryl methyl sites for hydroxylation is 1. The summed E-state index contributed by atoms with van der Waals surface area (Å²) in [7, 11) is 0. The number of halogens is 1. The summed E-state index contributed by atoms with van der Waals surface area (Å²) in [5, 5.41) is 3.32. The van der Waals surface area contributed by atoms with Crippen LogP contribution in [0.4, 0.5) is 4.39 Å². The van der Waals surface area contributed by atoms with Crippen LogP contribution in [0.25, 0.3) is 0 Å². The molecule has 2 nitrogen and oxygen atoms in total. The lowest BCUT2D eigenvalue weighted by molar-refractivity contribution is 0.232. The van der Waals surface area contributed by atoms with Crippen LogP contribution in [0, 0.1) is 5.82 Å². The third kappa shape index (κ3) is 2.80. The van der Waals surface area contributed by atoms with Gasteiger partial charge >= 0.3 is 0 Å². The molecule has 0 bridgehead atoms. The zero-order valence-corrected chi connectivity index (χ0v) is 9.80. The highest BCUT2D eigenvalue weighted by molar-refractivity contribution is 5.27. The molecule has 88 valence electrons. The number of benzene rings is 1. The molecular weight excluding hydrogens is 203 g/mol. The first-order valence-corrected chi connectivity index (χ1v) is 6.00. The minimum atomic E-state index is -0.123. The van der Waals surface area contributed by atoms with E-state index in [1.54, 1.807) is 12.1 Å². The van der Waals surface area contributed by atoms with E-state index < -0.39 is 0 Å². The molecule has 2 rings (SSSR count). The van der Waals surface area contributed by atoms with Gasteiger partial charge < -0.3 is 5.32 Å². The molecular formula is C13H19FN2. The van der Waals surface area contributed by atoms with E-state index >= 15 is 0 Å². The number of rotatable bonds is 3. The summed E-state index contributed by atoms with van der Waals surface area (Å²) in [6.07, 6.45) is 0.974. The van der Waals surface area contributed by atoms with Crippen LogP contribution in [0.1, 0.15) is 18.1 Å². The van der Waals surface area contributed by atoms with Crippen LogP contribution < -0.4 is 5.32 Å². The van der Waals surface area contributed by atoms with Crippen LogP contribution in [-0.4, -0.2) is 31.1 Å². The van der Waals surface area contributed by atoms with Crippen molar-refractivity contribution >= 4 is 0 Å². The Morgan fingerprint density at radius 3 is 2.69 bits per heavy atom. The molecule has 1 aliphatic rings. The van der Waals surface area contributed by atoms with Gasteiger partial charge in [0.1, 0.15) is 5.82 Å². The summed E-state index contributed by atoms with van der Waals surface area (Å²) < 4.78 is 13.2. The largest absolute Gasteiger partial charge is 0.314 e. The second kappa shape index (κ2) is 5.41. The summed E-state index contributed by atoms with van der Waals surface area (Å²) in [5.74, 6) is -0.123. The van der Waals surface area contributed by atoms with E-state index in [4.69, 9.17) is 0 Å². The average molecular weight is 222 g/mol. The van der Waals surface area contributed by atoms with Gasteiger partial charge in [-0.05, 0) is 29.7 Å². The maximum absolute atomic E-state index is 13.2. The first-order valence-electron chi connectivity index (χ1n) is 6.00. The van der Waals surface area contributed by atoms with Crippen molar-refractivity contribution in [1.29, 1.82) is 0 Å². The third-order valence-electron chi connectivity index (χ3n) is 3.15. The Morgan fingerprint density at radius 1 is 1.25 bits per heavy atom. The second-order valence-electron chi connectivity index (χ2n) is 4.29. The SMILES string of the molecule is CCc1ccc(F)cc1CN1CCNCC1. The van der Waals surface area contributed by atoms with Gasteiger partial charge in [-0.15, -0.1) is 0 Å². The van der Waals surface area contributed by atoms with Crippen LogP contribution in [0.2, 0.25) is 0 Å². The van der Waals surface area contributed by atoms with Gasteiger partial charge in [0, 0.05) is 32.7 Å². The van der Waals surface area contributed by atoms with Crippen molar-refractivity contribution in [2.24, 2.45) is 0 Å². The van der Waals surface area contributed by atoms with E-state index in [1.165, 1.54) is 5.56 Å². The first kappa shape index (κ1) is 11.6. The highest BCUT2D eigenvalue weighted by Crippen LogP contribution is 2.14. The Labute approximate surface area is 96.5 Å². The van der Waals surface area contributed by atoms with Gasteiger partial charge in [-0.25, -0.2) is 4.39 Å². The predicted molar refractivity (Wildman–Crippen MR) is 63.9 cm³/mol. The van der Waals surface area contributed by atoms with Crippen molar-refractivity contribution in [2.75, 3.05) is 26.2 Å². The van der Waals surface area contributed by atoms with E-state index in [1.807, 2.05) is 6.07 Å². The van der Waals surface area contributed by atoms with Gasteiger partial charge in [0.15, 0.2) is 0 Å². The minimum Gasteiger partial charge on any atom is -0.314 e. The first-order chi connectivity index (χ1) is 7.79. The lowest BCUT2D eigenvalue weighted by Gasteiger charge is -2.27. The quantitative estimate of drug-likeness (QED) is 0.839. The van der Waals surface area contributed by atoms with Crippen LogP contribution in [0.15, 0.2) is 18.2 Å². The molecule has 1 aliphatic heterocycles. The van der Waals surface area contributed by atoms with Crippen LogP contribution >= 0.6 is 0 Å². The summed E-state index contributed by atoms with van der Waals surface area (Å²) in [5.41, 5.74) is 2.41. The van der Waals surface area contributed by atoms with Crippen molar-refractivity contribution in [3.05, 3.63) is 35.1 Å². The molecule has 1 saturated heterocycles. The Balaban J connectivity index is 2.09. The molecule has 1 aromatic carbocycles. The summed E-state index contributed by atoms with van der Waals surface area (Å²) in [6.45, 7) is 7.18. The molecule has 0 amide bonds. The maximum atomic E-state index is 13.2. The molecule has 0 atom stereocenters. The van der Waals surface area contributed by atoms with E-state index in [9.17, 15) is 4.39 Å². The lowest BCUT2D eigenvalue weighted by atomic mass is 10.0. The van der Waals surface area contributed by atoms with Gasteiger partial charge in [0.25, 0.3) is 0 Å². The van der Waals surface area contributed by atoms with Crippen LogP contribution in [0.3, 0.4) is 0 Å². The van der Waals surface area contributed by atoms with E-state index in [-0.39, 0.29) is 5.82 Å². The van der Waals surface area contributed by atoms with Crippen molar-refractivity contribution in [3.8, 4) is 0 Å². The van der Waals surface area contributed by atoms with Gasteiger partial charge in [-0.2, -0.15) is 0 Å².